The Morgan fingerprint density at radius 2 is 2.00 bits per heavy atom. The van der Waals surface area contributed by atoms with Gasteiger partial charge >= 0.3 is 0 Å². The first-order valence-corrected chi connectivity index (χ1v) is 7.53. The number of aromatic nitrogens is 1. The summed E-state index contributed by atoms with van der Waals surface area (Å²) in [6, 6.07) is 15.9. The molecule has 3 nitrogen and oxygen atoms in total. The fourth-order valence-corrected chi connectivity index (χ4v) is 2.17. The van der Waals surface area contributed by atoms with Gasteiger partial charge in [-0.15, -0.1) is 12.6 Å². The van der Waals surface area contributed by atoms with Crippen molar-refractivity contribution in [1.29, 1.82) is 5.26 Å². The van der Waals surface area contributed by atoms with Crippen LogP contribution >= 0.6 is 12.6 Å². The third-order valence-electron chi connectivity index (χ3n) is 3.23. The zero-order chi connectivity index (χ0) is 17.5. The molecule has 3 rings (SSSR count). The predicted molar refractivity (Wildman–Crippen MR) is 99.1 cm³/mol. The van der Waals surface area contributed by atoms with Crippen LogP contribution in [-0.2, 0) is 0 Å². The van der Waals surface area contributed by atoms with Crippen LogP contribution in [0, 0.1) is 17.1 Å². The highest BCUT2D eigenvalue weighted by Gasteiger charge is 1.99. The molecule has 5 heteroatoms. The largest absolute Gasteiger partial charge is 0.396 e. The van der Waals surface area contributed by atoms with E-state index in [1.165, 1.54) is 12.1 Å². The van der Waals surface area contributed by atoms with E-state index < -0.39 is 5.82 Å². The second-order valence-corrected chi connectivity index (χ2v) is 5.47. The normalized spacial score (nSPS) is 9.54. The summed E-state index contributed by atoms with van der Waals surface area (Å²) in [6.07, 6.45) is 3.72. The van der Waals surface area contributed by atoms with Gasteiger partial charge < -0.3 is 10.7 Å². The molecule has 2 aromatic carbocycles. The van der Waals surface area contributed by atoms with Gasteiger partial charge in [0.05, 0.1) is 17.3 Å². The fourth-order valence-electron chi connectivity index (χ4n) is 1.98. The number of hydrogen-bond donors (Lipinski definition) is 3. The summed E-state index contributed by atoms with van der Waals surface area (Å²) in [5.41, 5.74) is 8.87. The molecule has 0 atom stereocenters. The van der Waals surface area contributed by atoms with Crippen LogP contribution in [0.5, 0.6) is 0 Å². The van der Waals surface area contributed by atoms with Crippen LogP contribution in [0.25, 0.3) is 17.3 Å². The number of nitrogen functional groups attached to an aromatic ring is 1. The quantitative estimate of drug-likeness (QED) is 0.460. The molecule has 1 heterocycles. The Labute approximate surface area is 145 Å². The molecule has 120 valence electrons. The summed E-state index contributed by atoms with van der Waals surface area (Å²) in [6.45, 7) is 3.75. The minimum Gasteiger partial charge on any atom is -0.396 e. The lowest BCUT2D eigenvalue weighted by Crippen LogP contribution is -1.89. The molecule has 0 spiro atoms. The summed E-state index contributed by atoms with van der Waals surface area (Å²) in [5, 5.41) is 8.30. The lowest BCUT2D eigenvalue weighted by atomic mass is 10.1. The molecule has 0 aliphatic carbocycles. The van der Waals surface area contributed by atoms with Gasteiger partial charge in [-0.25, -0.2) is 4.39 Å². The average Bonchev–Trinajstić information content (AvgIpc) is 3.04. The summed E-state index contributed by atoms with van der Waals surface area (Å²) >= 11 is 4.25. The van der Waals surface area contributed by atoms with Gasteiger partial charge in [0.25, 0.3) is 0 Å². The molecule has 0 amide bonds. The maximum atomic E-state index is 12.5. The smallest absolute Gasteiger partial charge is 0.147 e. The molecule has 1 aromatic heterocycles. The number of halogens is 1. The molecule has 0 saturated carbocycles. The number of anilines is 1. The fraction of sp³-hybridized carbons (Fsp3) is 0. The molecule has 0 radical (unpaired) electrons. The van der Waals surface area contributed by atoms with Crippen molar-refractivity contribution >= 4 is 24.4 Å². The SMILES string of the molecule is C=Cc1cccc(-c2cc(S)c[nH]2)c1.N#Cc1ccc(N)c(F)c1. The standard InChI is InChI=1S/C12H11NS.C7H5FN2/c1-2-9-4-3-5-10(6-9)12-7-11(14)8-13-12;8-6-3-5(4-9)1-2-7(6)10/h2-8,13-14H,1H2;1-3H,10H2. The third kappa shape index (κ3) is 4.51. The van der Waals surface area contributed by atoms with E-state index in [1.807, 2.05) is 30.5 Å². The van der Waals surface area contributed by atoms with E-state index in [0.717, 1.165) is 27.8 Å². The van der Waals surface area contributed by atoms with E-state index in [0.29, 0.717) is 0 Å². The second-order valence-electron chi connectivity index (χ2n) is 4.95. The topological polar surface area (TPSA) is 65.6 Å². The van der Waals surface area contributed by atoms with Crippen molar-refractivity contribution in [2.75, 3.05) is 5.73 Å². The van der Waals surface area contributed by atoms with Gasteiger partial charge in [-0.3, -0.25) is 0 Å². The van der Waals surface area contributed by atoms with Crippen molar-refractivity contribution in [3.63, 3.8) is 0 Å². The van der Waals surface area contributed by atoms with Gasteiger partial charge in [0.15, 0.2) is 0 Å². The Hall–Kier alpha value is -2.97. The predicted octanol–water partition coefficient (Wildman–Crippen LogP) is 4.89. The maximum Gasteiger partial charge on any atom is 0.147 e. The highest BCUT2D eigenvalue weighted by atomic mass is 32.1. The molecule has 3 N–H and O–H groups in total. The van der Waals surface area contributed by atoms with Crippen LogP contribution in [0.3, 0.4) is 0 Å². The number of aromatic amines is 1. The Balaban J connectivity index is 0.000000185. The zero-order valence-corrected chi connectivity index (χ0v) is 13.7. The minimum absolute atomic E-state index is 0.0685. The molecule has 0 aliphatic rings. The van der Waals surface area contributed by atoms with Crippen molar-refractivity contribution in [3.8, 4) is 17.3 Å². The molecule has 24 heavy (non-hydrogen) atoms. The summed E-state index contributed by atoms with van der Waals surface area (Å²) in [7, 11) is 0. The molecular formula is C19H16FN3S. The molecule has 0 aliphatic heterocycles. The van der Waals surface area contributed by atoms with Crippen molar-refractivity contribution in [1.82, 2.24) is 4.98 Å². The minimum atomic E-state index is -0.543. The molecule has 0 fully saturated rings. The molecule has 0 bridgehead atoms. The highest BCUT2D eigenvalue weighted by molar-refractivity contribution is 7.80. The Morgan fingerprint density at radius 3 is 2.58 bits per heavy atom. The number of nitrogens with zero attached hydrogens (tertiary/aromatic N) is 1. The van der Waals surface area contributed by atoms with E-state index in [9.17, 15) is 4.39 Å². The number of nitrogens with one attached hydrogen (secondary N) is 1. The Morgan fingerprint density at radius 1 is 1.21 bits per heavy atom. The first-order chi connectivity index (χ1) is 11.5. The van der Waals surface area contributed by atoms with Crippen LogP contribution in [0.2, 0.25) is 0 Å². The molecule has 0 saturated heterocycles. The van der Waals surface area contributed by atoms with Crippen LogP contribution in [0.15, 0.2) is 66.2 Å². The number of nitrogens with two attached hydrogens (primary N) is 1. The number of benzene rings is 2. The van der Waals surface area contributed by atoms with Gasteiger partial charge in [-0.05, 0) is 41.5 Å². The van der Waals surface area contributed by atoms with E-state index in [4.69, 9.17) is 11.0 Å². The van der Waals surface area contributed by atoms with Gasteiger partial charge in [-0.2, -0.15) is 5.26 Å². The Kier molecular flexibility index (Phi) is 5.83. The van der Waals surface area contributed by atoms with Gasteiger partial charge in [0.1, 0.15) is 5.82 Å². The molecular weight excluding hydrogens is 321 g/mol. The summed E-state index contributed by atoms with van der Waals surface area (Å²) in [5.74, 6) is -0.543. The monoisotopic (exact) mass is 337 g/mol. The molecule has 0 unspecified atom stereocenters. The lowest BCUT2D eigenvalue weighted by Gasteiger charge is -1.99. The average molecular weight is 337 g/mol. The van der Waals surface area contributed by atoms with Gasteiger partial charge in [0.2, 0.25) is 0 Å². The number of H-pyrrole nitrogens is 1. The summed E-state index contributed by atoms with van der Waals surface area (Å²) in [4.78, 5) is 4.11. The second kappa shape index (κ2) is 8.04. The van der Waals surface area contributed by atoms with Crippen LogP contribution in [0.4, 0.5) is 10.1 Å². The first-order valence-electron chi connectivity index (χ1n) is 7.09. The first kappa shape index (κ1) is 17.4. The third-order valence-corrected chi connectivity index (χ3v) is 3.49. The van der Waals surface area contributed by atoms with Crippen molar-refractivity contribution in [2.24, 2.45) is 0 Å². The van der Waals surface area contributed by atoms with Crippen molar-refractivity contribution in [3.05, 3.63) is 78.3 Å². The Bertz CT molecular complexity index is 894. The highest BCUT2D eigenvalue weighted by Crippen LogP contribution is 2.21. The number of thiol groups is 1. The maximum absolute atomic E-state index is 12.5. The van der Waals surface area contributed by atoms with Gasteiger partial charge in [0, 0.05) is 16.8 Å². The van der Waals surface area contributed by atoms with Gasteiger partial charge in [-0.1, -0.05) is 30.9 Å². The van der Waals surface area contributed by atoms with Crippen LogP contribution < -0.4 is 5.73 Å². The van der Waals surface area contributed by atoms with Crippen LogP contribution in [0.1, 0.15) is 11.1 Å². The van der Waals surface area contributed by atoms with Crippen LogP contribution in [-0.4, -0.2) is 4.98 Å². The summed E-state index contributed by atoms with van der Waals surface area (Å²) < 4.78 is 12.5. The van der Waals surface area contributed by atoms with Crippen molar-refractivity contribution in [2.45, 2.75) is 4.90 Å². The number of nitriles is 1. The number of hydrogen-bond acceptors (Lipinski definition) is 3. The van der Waals surface area contributed by atoms with E-state index >= 15 is 0 Å². The molecule has 3 aromatic rings. The van der Waals surface area contributed by atoms with E-state index in [-0.39, 0.29) is 11.3 Å². The number of rotatable bonds is 2. The lowest BCUT2D eigenvalue weighted by molar-refractivity contribution is 0.632. The van der Waals surface area contributed by atoms with E-state index in [2.05, 4.69) is 36.3 Å². The zero-order valence-electron chi connectivity index (χ0n) is 12.8. The van der Waals surface area contributed by atoms with E-state index in [1.54, 1.807) is 6.07 Å². The van der Waals surface area contributed by atoms with Crippen molar-refractivity contribution < 1.29 is 4.39 Å².